The summed E-state index contributed by atoms with van der Waals surface area (Å²) < 4.78 is 41.1. The number of aliphatic carboxylic acids is 1. The van der Waals surface area contributed by atoms with Gasteiger partial charge in [-0.25, -0.2) is 0 Å². The molecule has 0 unspecified atom stereocenters. The number of nitrogens with zero attached hydrogens (tertiary/aromatic N) is 4. The van der Waals surface area contributed by atoms with Crippen molar-refractivity contribution in [1.29, 1.82) is 0 Å². The number of carboxylic acids is 1. The Labute approximate surface area is 337 Å². The van der Waals surface area contributed by atoms with E-state index in [4.69, 9.17) is 18.9 Å². The molecule has 2 aliphatic rings. The number of hydrogen-bond acceptors (Lipinski definition) is 14. The molecule has 0 atom stereocenters. The van der Waals surface area contributed by atoms with Crippen LogP contribution in [0.5, 0.6) is 0 Å². The van der Waals surface area contributed by atoms with E-state index in [9.17, 15) is 28.0 Å². The van der Waals surface area contributed by atoms with E-state index >= 15 is 0 Å². The quantitative estimate of drug-likeness (QED) is 0.0578. The van der Waals surface area contributed by atoms with Crippen LogP contribution in [0.4, 0.5) is 8.78 Å². The summed E-state index contributed by atoms with van der Waals surface area (Å²) in [5.41, 5.74) is 0.585. The van der Waals surface area contributed by atoms with Gasteiger partial charge in [0, 0.05) is 51.2 Å². The number of hydrogen-bond donors (Lipinski definition) is 1. The minimum absolute atomic E-state index is 0. The van der Waals surface area contributed by atoms with E-state index in [0.29, 0.717) is 52.9 Å². The Balaban J connectivity index is 0.000000285. The van der Waals surface area contributed by atoms with Gasteiger partial charge in [0.25, 0.3) is 0 Å². The first-order valence-corrected chi connectivity index (χ1v) is 19.5. The molecule has 0 aromatic carbocycles. The van der Waals surface area contributed by atoms with Crippen molar-refractivity contribution >= 4 is 46.2 Å². The van der Waals surface area contributed by atoms with E-state index in [1.54, 1.807) is 24.3 Å². The molecule has 0 spiro atoms. The fraction of sp³-hybridized carbons (Fsp3) is 0.514. The van der Waals surface area contributed by atoms with E-state index in [0.717, 1.165) is 100 Å². The van der Waals surface area contributed by atoms with Gasteiger partial charge in [0.15, 0.2) is 33.3 Å². The fourth-order valence-corrected chi connectivity index (χ4v) is 7.48. The molecule has 2 fully saturated rings. The molecular formula is C37H45F2LiN4O9S2. The van der Waals surface area contributed by atoms with Crippen LogP contribution < -0.4 is 18.9 Å². The van der Waals surface area contributed by atoms with E-state index in [1.807, 2.05) is 0 Å². The van der Waals surface area contributed by atoms with Gasteiger partial charge in [-0.05, 0) is 63.0 Å². The number of carbonyl (C=O) groups is 4. The maximum absolute atomic E-state index is 13.1. The van der Waals surface area contributed by atoms with Gasteiger partial charge in [0.2, 0.25) is 0 Å². The van der Waals surface area contributed by atoms with Crippen LogP contribution in [0.25, 0.3) is 21.3 Å². The zero-order chi connectivity index (χ0) is 37.7. The van der Waals surface area contributed by atoms with E-state index in [-0.39, 0.29) is 69.7 Å². The summed E-state index contributed by atoms with van der Waals surface area (Å²) in [6.07, 6.45) is 8.48. The SMILES string of the molecule is COC(=O)C1CN(CCCCCCC(=O)c2cc(-c3ccc(F)s3)on2)C1.O=C(CCCCCCN1CC(C(=O)O)C1)c1cc(-c2ccc(F)s2)on1.[Li+].[OH-]. The summed E-state index contributed by atoms with van der Waals surface area (Å²) in [5.74, 6) is -0.278. The second kappa shape index (κ2) is 22.9. The number of carbonyl (C=O) groups excluding carboxylic acids is 3. The van der Waals surface area contributed by atoms with Crippen molar-refractivity contribution in [2.45, 2.75) is 64.2 Å². The molecule has 6 heterocycles. The number of rotatable bonds is 20. The number of likely N-dealkylation sites (tertiary alicyclic amines) is 2. The summed E-state index contributed by atoms with van der Waals surface area (Å²) in [5, 5.41) is 15.8. The number of unbranched alkanes of at least 4 members (excludes halogenated alkanes) is 6. The monoisotopic (exact) mass is 798 g/mol. The average molecular weight is 799 g/mol. The number of esters is 1. The largest absolute Gasteiger partial charge is 1.00 e. The van der Waals surface area contributed by atoms with Crippen molar-refractivity contribution in [3.05, 3.63) is 58.0 Å². The molecule has 0 bridgehead atoms. The van der Waals surface area contributed by atoms with Gasteiger partial charge in [-0.2, -0.15) is 8.78 Å². The second-order valence-electron chi connectivity index (χ2n) is 13.3. The zero-order valence-electron chi connectivity index (χ0n) is 31.0. The van der Waals surface area contributed by atoms with Crippen LogP contribution in [-0.4, -0.2) is 101 Å². The number of ether oxygens (including phenoxy) is 1. The maximum atomic E-state index is 13.1. The molecule has 4 aromatic heterocycles. The predicted octanol–water partition coefficient (Wildman–Crippen LogP) is 4.30. The first kappa shape index (κ1) is 45.8. The molecule has 13 nitrogen and oxygen atoms in total. The summed E-state index contributed by atoms with van der Waals surface area (Å²) in [6, 6.07) is 9.07. The summed E-state index contributed by atoms with van der Waals surface area (Å²) in [7, 11) is 1.42. The van der Waals surface area contributed by atoms with Crippen molar-refractivity contribution < 1.29 is 71.2 Å². The molecule has 0 radical (unpaired) electrons. The van der Waals surface area contributed by atoms with Crippen LogP contribution in [0.15, 0.2) is 45.4 Å². The van der Waals surface area contributed by atoms with Crippen LogP contribution in [0.2, 0.25) is 0 Å². The number of methoxy groups -OCH3 is 1. The van der Waals surface area contributed by atoms with Crippen LogP contribution in [0, 0.1) is 22.1 Å². The van der Waals surface area contributed by atoms with Gasteiger partial charge in [-0.1, -0.05) is 36.0 Å². The van der Waals surface area contributed by atoms with Gasteiger partial charge in [0.05, 0.1) is 28.7 Å². The number of ketones is 2. The van der Waals surface area contributed by atoms with Gasteiger partial charge in [-0.3, -0.25) is 19.2 Å². The number of Topliss-reactive ketones (excluding diaryl/α,β-unsaturated/α-hetero) is 2. The Morgan fingerprint density at radius 2 is 1.15 bits per heavy atom. The molecular weight excluding hydrogens is 753 g/mol. The molecule has 0 aliphatic carbocycles. The van der Waals surface area contributed by atoms with Gasteiger partial charge < -0.3 is 34.2 Å². The van der Waals surface area contributed by atoms with Crippen LogP contribution in [0.1, 0.15) is 85.2 Å². The molecule has 2 saturated heterocycles. The zero-order valence-corrected chi connectivity index (χ0v) is 32.7. The van der Waals surface area contributed by atoms with E-state index in [1.165, 1.54) is 19.2 Å². The van der Waals surface area contributed by atoms with Crippen LogP contribution >= 0.6 is 22.7 Å². The smallest absolute Gasteiger partial charge is 0.870 e. The van der Waals surface area contributed by atoms with Gasteiger partial charge in [-0.15, -0.1) is 22.7 Å². The first-order valence-electron chi connectivity index (χ1n) is 17.9. The third-order valence-corrected chi connectivity index (χ3v) is 11.1. The molecule has 55 heavy (non-hydrogen) atoms. The molecule has 0 saturated carbocycles. The Bertz CT molecular complexity index is 1820. The van der Waals surface area contributed by atoms with Crippen molar-refractivity contribution in [1.82, 2.24) is 20.1 Å². The Morgan fingerprint density at radius 1 is 0.727 bits per heavy atom. The molecule has 2 N–H and O–H groups in total. The van der Waals surface area contributed by atoms with Crippen molar-refractivity contribution in [2.24, 2.45) is 11.8 Å². The predicted molar refractivity (Wildman–Crippen MR) is 196 cm³/mol. The van der Waals surface area contributed by atoms with E-state index in [2.05, 4.69) is 20.1 Å². The molecule has 2 aliphatic heterocycles. The molecule has 4 aromatic rings. The van der Waals surface area contributed by atoms with E-state index < -0.39 is 5.97 Å². The maximum Gasteiger partial charge on any atom is 1.00 e. The first-order chi connectivity index (χ1) is 25.6. The number of halogens is 2. The Kier molecular flexibility index (Phi) is 19.0. The summed E-state index contributed by atoms with van der Waals surface area (Å²) in [6.45, 7) is 4.77. The minimum Gasteiger partial charge on any atom is -0.870 e. The number of carboxylic acid groups (broad SMARTS) is 1. The molecule has 294 valence electrons. The van der Waals surface area contributed by atoms with Gasteiger partial charge in [0.1, 0.15) is 11.4 Å². The third kappa shape index (κ3) is 13.8. The Morgan fingerprint density at radius 3 is 1.53 bits per heavy atom. The standard InChI is InChI=1S/C19H23FN2O4S.C18H21FN2O4S.Li.H2O/c1-25-19(24)13-11-22(12-13)9-5-3-2-4-6-15(23)14-10-16(26-21-14)17-7-8-18(20)27-17;19-17-7-6-16(26-17)15-9-13(20-25-15)14(22)5-3-1-2-4-8-21-10-12(11-21)18(23)24;;/h7-8,10,13H,2-6,9,11-12H2,1H3;6-7,9,12H,1-5,8,10-11H2,(H,23,24);;1H2/q;;+1;/p-1. The van der Waals surface area contributed by atoms with Crippen molar-refractivity contribution in [3.63, 3.8) is 0 Å². The van der Waals surface area contributed by atoms with Gasteiger partial charge >= 0.3 is 30.8 Å². The molecule has 6 rings (SSSR count). The number of aromatic nitrogens is 2. The molecule has 18 heteroatoms. The van der Waals surface area contributed by atoms with Crippen molar-refractivity contribution in [3.8, 4) is 21.3 Å². The van der Waals surface area contributed by atoms with Crippen LogP contribution in [0.3, 0.4) is 0 Å². The van der Waals surface area contributed by atoms with Crippen LogP contribution in [-0.2, 0) is 14.3 Å². The average Bonchev–Trinajstić information content (AvgIpc) is 3.93. The number of thiophene rings is 2. The third-order valence-electron chi connectivity index (χ3n) is 9.28. The Hall–Kier alpha value is -3.56. The molecule has 0 amide bonds. The van der Waals surface area contributed by atoms with Crippen molar-refractivity contribution in [2.75, 3.05) is 46.4 Å². The second-order valence-corrected chi connectivity index (χ2v) is 15.4. The minimum atomic E-state index is -0.708. The fourth-order valence-electron chi connectivity index (χ4n) is 6.12. The summed E-state index contributed by atoms with van der Waals surface area (Å²) in [4.78, 5) is 52.0. The topological polar surface area (TPSA) is 186 Å². The normalized spacial score (nSPS) is 14.5. The summed E-state index contributed by atoms with van der Waals surface area (Å²) >= 11 is 1.92.